The summed E-state index contributed by atoms with van der Waals surface area (Å²) in [6.07, 6.45) is 2.52. The third-order valence-corrected chi connectivity index (χ3v) is 5.24. The molecule has 1 saturated heterocycles. The molecule has 112 valence electrons. The average molecular weight is 308 g/mol. The average Bonchev–Trinajstić information content (AvgIpc) is 2.95. The van der Waals surface area contributed by atoms with Crippen molar-refractivity contribution >= 4 is 23.5 Å². The molecule has 1 heterocycles. The van der Waals surface area contributed by atoms with Gasteiger partial charge in [-0.15, -0.1) is 0 Å². The molecule has 1 aromatic rings. The minimum atomic E-state index is -0.756. The fraction of sp³-hybridized carbons (Fsp3) is 0.500. The Labute approximate surface area is 128 Å². The zero-order valence-electron chi connectivity index (χ0n) is 11.9. The van der Waals surface area contributed by atoms with Gasteiger partial charge in [-0.2, -0.15) is 0 Å². The van der Waals surface area contributed by atoms with Crippen molar-refractivity contribution in [1.29, 1.82) is 0 Å². The van der Waals surface area contributed by atoms with Crippen molar-refractivity contribution in [2.24, 2.45) is 11.3 Å². The summed E-state index contributed by atoms with van der Waals surface area (Å²) in [5.74, 6) is -0.751. The number of likely N-dealkylation sites (tertiary alicyclic amines) is 1. The number of hydrogen-bond donors (Lipinski definition) is 1. The van der Waals surface area contributed by atoms with E-state index in [-0.39, 0.29) is 11.8 Å². The number of rotatable bonds is 2. The number of nitrogens with zero attached hydrogens (tertiary/aromatic N) is 1. The van der Waals surface area contributed by atoms with Gasteiger partial charge in [-0.3, -0.25) is 9.59 Å². The van der Waals surface area contributed by atoms with Crippen molar-refractivity contribution < 1.29 is 14.7 Å². The van der Waals surface area contributed by atoms with Crippen LogP contribution in [-0.4, -0.2) is 35.0 Å². The fourth-order valence-corrected chi connectivity index (χ4v) is 4.06. The highest BCUT2D eigenvalue weighted by Crippen LogP contribution is 2.49. The summed E-state index contributed by atoms with van der Waals surface area (Å²) in [4.78, 5) is 26.0. The lowest BCUT2D eigenvalue weighted by Gasteiger charge is -2.23. The van der Waals surface area contributed by atoms with E-state index in [1.165, 1.54) is 0 Å². The maximum atomic E-state index is 12.7. The predicted octanol–water partition coefficient (Wildman–Crippen LogP) is 2.98. The first kappa shape index (κ1) is 14.4. The molecular weight excluding hydrogens is 290 g/mol. The van der Waals surface area contributed by atoms with Gasteiger partial charge in [-0.25, -0.2) is 0 Å². The highest BCUT2D eigenvalue weighted by molar-refractivity contribution is 6.30. The van der Waals surface area contributed by atoms with Crippen LogP contribution in [0.15, 0.2) is 18.2 Å². The number of carbonyl (C=O) groups excluding carboxylic acids is 1. The van der Waals surface area contributed by atoms with Gasteiger partial charge in [0.05, 0.1) is 5.41 Å². The van der Waals surface area contributed by atoms with Gasteiger partial charge < -0.3 is 10.0 Å². The van der Waals surface area contributed by atoms with E-state index in [0.29, 0.717) is 30.1 Å². The number of carboxylic acid groups (broad SMARTS) is 1. The van der Waals surface area contributed by atoms with Crippen molar-refractivity contribution in [3.63, 3.8) is 0 Å². The van der Waals surface area contributed by atoms with Crippen LogP contribution in [0.25, 0.3) is 0 Å². The second-order valence-electron chi connectivity index (χ2n) is 6.20. The number of benzene rings is 1. The van der Waals surface area contributed by atoms with Crippen LogP contribution in [0.5, 0.6) is 0 Å². The molecule has 5 heteroatoms. The zero-order chi connectivity index (χ0) is 15.2. The minimum absolute atomic E-state index is 0.0841. The molecule has 0 unspecified atom stereocenters. The third-order valence-electron chi connectivity index (χ3n) is 5.00. The lowest BCUT2D eigenvalue weighted by atomic mass is 9.81. The van der Waals surface area contributed by atoms with E-state index in [1.54, 1.807) is 23.1 Å². The molecule has 21 heavy (non-hydrogen) atoms. The van der Waals surface area contributed by atoms with Crippen molar-refractivity contribution in [3.8, 4) is 0 Å². The largest absolute Gasteiger partial charge is 0.481 e. The van der Waals surface area contributed by atoms with E-state index >= 15 is 0 Å². The summed E-state index contributed by atoms with van der Waals surface area (Å²) < 4.78 is 0. The number of fused-ring (bicyclic) bond motifs is 1. The van der Waals surface area contributed by atoms with Crippen molar-refractivity contribution in [2.75, 3.05) is 13.1 Å². The van der Waals surface area contributed by atoms with Crippen LogP contribution in [0.3, 0.4) is 0 Å². The first-order valence-electron chi connectivity index (χ1n) is 7.23. The normalized spacial score (nSPS) is 27.7. The minimum Gasteiger partial charge on any atom is -0.481 e. The summed E-state index contributed by atoms with van der Waals surface area (Å²) >= 11 is 5.92. The fourth-order valence-electron chi connectivity index (χ4n) is 3.83. The SMILES string of the molecule is Cc1cc(Cl)ccc1C(=O)N1C[C@@H]2CCC[C@@]2(C(=O)O)C1. The van der Waals surface area contributed by atoms with E-state index in [2.05, 4.69) is 0 Å². The molecule has 1 aliphatic carbocycles. The molecule has 4 nitrogen and oxygen atoms in total. The molecule has 0 bridgehead atoms. The van der Waals surface area contributed by atoms with E-state index in [9.17, 15) is 14.7 Å². The Hall–Kier alpha value is -1.55. The molecule has 2 aliphatic rings. The lowest BCUT2D eigenvalue weighted by Crippen LogP contribution is -2.37. The number of aryl methyl sites for hydroxylation is 1. The summed E-state index contributed by atoms with van der Waals surface area (Å²) in [7, 11) is 0. The van der Waals surface area contributed by atoms with Gasteiger partial charge in [0, 0.05) is 23.7 Å². The van der Waals surface area contributed by atoms with Gasteiger partial charge >= 0.3 is 5.97 Å². The quantitative estimate of drug-likeness (QED) is 0.914. The molecule has 0 aromatic heterocycles. The second kappa shape index (κ2) is 5.02. The van der Waals surface area contributed by atoms with Crippen LogP contribution >= 0.6 is 11.6 Å². The molecular formula is C16H18ClNO3. The van der Waals surface area contributed by atoms with Gasteiger partial charge in [-0.05, 0) is 49.4 Å². The summed E-state index contributed by atoms with van der Waals surface area (Å²) in [6.45, 7) is 2.73. The third kappa shape index (κ3) is 2.22. The molecule has 0 radical (unpaired) electrons. The number of hydrogen-bond acceptors (Lipinski definition) is 2. The molecule has 1 N–H and O–H groups in total. The van der Waals surface area contributed by atoms with E-state index < -0.39 is 11.4 Å². The Morgan fingerprint density at radius 2 is 2.19 bits per heavy atom. The van der Waals surface area contributed by atoms with Gasteiger partial charge in [0.15, 0.2) is 0 Å². The first-order chi connectivity index (χ1) is 9.94. The van der Waals surface area contributed by atoms with Gasteiger partial charge in [0.1, 0.15) is 0 Å². The summed E-state index contributed by atoms with van der Waals surface area (Å²) in [5, 5.41) is 10.2. The number of aliphatic carboxylic acids is 1. The standard InChI is InChI=1S/C16H18ClNO3/c1-10-7-12(17)4-5-13(10)14(19)18-8-11-3-2-6-16(11,9-18)15(20)21/h4-5,7,11H,2-3,6,8-9H2,1H3,(H,20,21)/t11-,16+/m0/s1. The first-order valence-corrected chi connectivity index (χ1v) is 7.61. The van der Waals surface area contributed by atoms with Crippen molar-refractivity contribution in [2.45, 2.75) is 26.2 Å². The molecule has 3 rings (SSSR count). The number of carbonyl (C=O) groups is 2. The molecule has 0 spiro atoms. The smallest absolute Gasteiger partial charge is 0.311 e. The zero-order valence-corrected chi connectivity index (χ0v) is 12.7. The van der Waals surface area contributed by atoms with Crippen LogP contribution in [-0.2, 0) is 4.79 Å². The number of amides is 1. The Balaban J connectivity index is 1.86. The monoisotopic (exact) mass is 307 g/mol. The molecule has 1 aliphatic heterocycles. The number of carboxylic acids is 1. The molecule has 1 aromatic carbocycles. The molecule has 2 fully saturated rings. The van der Waals surface area contributed by atoms with Crippen molar-refractivity contribution in [1.82, 2.24) is 4.90 Å². The van der Waals surface area contributed by atoms with Gasteiger partial charge in [0.2, 0.25) is 0 Å². The molecule has 1 saturated carbocycles. The van der Waals surface area contributed by atoms with Gasteiger partial charge in [-0.1, -0.05) is 18.0 Å². The lowest BCUT2D eigenvalue weighted by molar-refractivity contribution is -0.149. The summed E-state index contributed by atoms with van der Waals surface area (Å²) in [5.41, 5.74) is 0.713. The predicted molar refractivity (Wildman–Crippen MR) is 79.5 cm³/mol. The Morgan fingerprint density at radius 3 is 2.81 bits per heavy atom. The van der Waals surface area contributed by atoms with Crippen LogP contribution in [0.4, 0.5) is 0 Å². The Kier molecular flexibility index (Phi) is 3.44. The highest BCUT2D eigenvalue weighted by Gasteiger charge is 2.55. The van der Waals surface area contributed by atoms with Gasteiger partial charge in [0.25, 0.3) is 5.91 Å². The maximum Gasteiger partial charge on any atom is 0.311 e. The van der Waals surface area contributed by atoms with Crippen LogP contribution in [0, 0.1) is 18.3 Å². The van der Waals surface area contributed by atoms with Crippen LogP contribution < -0.4 is 0 Å². The Morgan fingerprint density at radius 1 is 1.43 bits per heavy atom. The van der Waals surface area contributed by atoms with E-state index in [0.717, 1.165) is 18.4 Å². The van der Waals surface area contributed by atoms with Crippen LogP contribution in [0.1, 0.15) is 35.2 Å². The summed E-state index contributed by atoms with van der Waals surface area (Å²) in [6, 6.07) is 5.19. The van der Waals surface area contributed by atoms with Crippen molar-refractivity contribution in [3.05, 3.63) is 34.3 Å². The van der Waals surface area contributed by atoms with Crippen LogP contribution in [0.2, 0.25) is 5.02 Å². The second-order valence-corrected chi connectivity index (χ2v) is 6.63. The molecule has 1 amide bonds. The van der Waals surface area contributed by atoms with E-state index in [1.807, 2.05) is 6.92 Å². The number of halogens is 1. The maximum absolute atomic E-state index is 12.7. The molecule has 2 atom stereocenters. The van der Waals surface area contributed by atoms with E-state index in [4.69, 9.17) is 11.6 Å². The topological polar surface area (TPSA) is 57.6 Å². The highest BCUT2D eigenvalue weighted by atomic mass is 35.5. The Bertz CT molecular complexity index is 616.